The van der Waals surface area contributed by atoms with Crippen molar-refractivity contribution >= 4 is 27.4 Å². The van der Waals surface area contributed by atoms with Crippen LogP contribution in [0, 0.1) is 20.8 Å². The summed E-state index contributed by atoms with van der Waals surface area (Å²) in [5, 5.41) is 4.49. The summed E-state index contributed by atoms with van der Waals surface area (Å²) in [6, 6.07) is 0. The van der Waals surface area contributed by atoms with Crippen molar-refractivity contribution in [3.05, 3.63) is 16.3 Å². The second-order valence-corrected chi connectivity index (χ2v) is 4.82. The van der Waals surface area contributed by atoms with Crippen LogP contribution in [-0.2, 0) is 0 Å². The zero-order valence-corrected chi connectivity index (χ0v) is 10.3. The van der Waals surface area contributed by atoms with Crippen LogP contribution >= 0.6 is 11.3 Å². The topological polar surface area (TPSA) is 37.8 Å². The Labute approximate surface area is 93.6 Å². The van der Waals surface area contributed by atoms with Gasteiger partial charge >= 0.3 is 0 Å². The first-order chi connectivity index (χ1) is 7.13. The fourth-order valence-corrected chi connectivity index (χ4v) is 2.73. The van der Waals surface area contributed by atoms with Crippen LogP contribution in [0.2, 0.25) is 0 Å². The third-order valence-corrected chi connectivity index (χ3v) is 3.59. The number of aromatic nitrogens is 2. The molecule has 0 unspecified atom stereocenters. The number of rotatable bonds is 2. The van der Waals surface area contributed by atoms with Crippen LogP contribution in [0.5, 0.6) is 0 Å². The zero-order chi connectivity index (χ0) is 11.0. The van der Waals surface area contributed by atoms with Gasteiger partial charge in [0.2, 0.25) is 0 Å². The van der Waals surface area contributed by atoms with Gasteiger partial charge in [-0.1, -0.05) is 0 Å². The lowest BCUT2D eigenvalue weighted by molar-refractivity contribution is 1.07. The number of nitrogens with one attached hydrogen (secondary N) is 1. The molecule has 2 aromatic rings. The number of hydrogen-bond donors (Lipinski definition) is 1. The van der Waals surface area contributed by atoms with Crippen molar-refractivity contribution in [2.45, 2.75) is 27.7 Å². The highest BCUT2D eigenvalue weighted by atomic mass is 32.1. The van der Waals surface area contributed by atoms with Crippen LogP contribution in [-0.4, -0.2) is 16.5 Å². The second kappa shape index (κ2) is 3.77. The van der Waals surface area contributed by atoms with Crippen molar-refractivity contribution in [2.24, 2.45) is 0 Å². The smallest absolute Gasteiger partial charge is 0.138 e. The van der Waals surface area contributed by atoms with Crippen LogP contribution < -0.4 is 5.32 Å². The molecule has 1 N–H and O–H groups in total. The summed E-state index contributed by atoms with van der Waals surface area (Å²) in [5.74, 6) is 1.81. The minimum absolute atomic E-state index is 0.833. The van der Waals surface area contributed by atoms with E-state index in [1.54, 1.807) is 11.3 Å². The summed E-state index contributed by atoms with van der Waals surface area (Å²) in [5.41, 5.74) is 1.30. The Morgan fingerprint density at radius 2 is 1.93 bits per heavy atom. The van der Waals surface area contributed by atoms with Gasteiger partial charge in [0, 0.05) is 11.4 Å². The summed E-state index contributed by atoms with van der Waals surface area (Å²) in [4.78, 5) is 11.3. The van der Waals surface area contributed by atoms with Crippen LogP contribution in [0.4, 0.5) is 5.82 Å². The lowest BCUT2D eigenvalue weighted by Crippen LogP contribution is -2.02. The van der Waals surface area contributed by atoms with Gasteiger partial charge in [-0.05, 0) is 33.3 Å². The summed E-state index contributed by atoms with van der Waals surface area (Å²) in [6.07, 6.45) is 0. The van der Waals surface area contributed by atoms with E-state index in [4.69, 9.17) is 0 Å². The van der Waals surface area contributed by atoms with Gasteiger partial charge in [0.1, 0.15) is 16.5 Å². The van der Waals surface area contributed by atoms with E-state index in [1.807, 2.05) is 6.92 Å². The van der Waals surface area contributed by atoms with Crippen molar-refractivity contribution in [3.63, 3.8) is 0 Å². The Morgan fingerprint density at radius 3 is 2.60 bits per heavy atom. The lowest BCUT2D eigenvalue weighted by Gasteiger charge is -2.05. The van der Waals surface area contributed by atoms with Gasteiger partial charge in [0.15, 0.2) is 0 Å². The predicted octanol–water partition coefficient (Wildman–Crippen LogP) is 3.05. The number of anilines is 1. The summed E-state index contributed by atoms with van der Waals surface area (Å²) >= 11 is 1.74. The molecule has 0 bridgehead atoms. The lowest BCUT2D eigenvalue weighted by atomic mass is 10.2. The molecule has 0 aromatic carbocycles. The molecular formula is C11H15N3S. The number of fused-ring (bicyclic) bond motifs is 1. The first kappa shape index (κ1) is 10.4. The minimum atomic E-state index is 0.833. The standard InChI is InChI=1S/C11H15N3S/c1-5-12-10-9-6(2)7(3)15-11(9)14-8(4)13-10/h5H2,1-4H3,(H,12,13,14). The maximum atomic E-state index is 4.47. The van der Waals surface area contributed by atoms with Gasteiger partial charge in [-0.2, -0.15) is 0 Å². The molecule has 0 spiro atoms. The highest BCUT2D eigenvalue weighted by Crippen LogP contribution is 2.32. The maximum Gasteiger partial charge on any atom is 0.138 e. The third kappa shape index (κ3) is 1.69. The molecule has 2 rings (SSSR count). The quantitative estimate of drug-likeness (QED) is 0.847. The van der Waals surface area contributed by atoms with E-state index < -0.39 is 0 Å². The van der Waals surface area contributed by atoms with Gasteiger partial charge in [-0.25, -0.2) is 9.97 Å². The molecule has 0 radical (unpaired) electrons. The molecule has 0 saturated heterocycles. The number of hydrogen-bond acceptors (Lipinski definition) is 4. The third-order valence-electron chi connectivity index (χ3n) is 2.48. The van der Waals surface area contributed by atoms with Crippen molar-refractivity contribution in [3.8, 4) is 0 Å². The molecule has 2 aromatic heterocycles. The molecule has 15 heavy (non-hydrogen) atoms. The number of thiophene rings is 1. The van der Waals surface area contributed by atoms with Crippen LogP contribution in [0.1, 0.15) is 23.2 Å². The first-order valence-electron chi connectivity index (χ1n) is 5.11. The average Bonchev–Trinajstić information content (AvgIpc) is 2.42. The molecule has 0 aliphatic rings. The van der Waals surface area contributed by atoms with E-state index in [0.29, 0.717) is 0 Å². The highest BCUT2D eigenvalue weighted by Gasteiger charge is 2.12. The molecule has 0 aliphatic carbocycles. The summed E-state index contributed by atoms with van der Waals surface area (Å²) in [7, 11) is 0. The summed E-state index contributed by atoms with van der Waals surface area (Å²) < 4.78 is 0. The maximum absolute atomic E-state index is 4.47. The van der Waals surface area contributed by atoms with E-state index in [9.17, 15) is 0 Å². The molecule has 4 heteroatoms. The first-order valence-corrected chi connectivity index (χ1v) is 5.93. The SMILES string of the molecule is CCNc1nc(C)nc2sc(C)c(C)c12. The van der Waals surface area contributed by atoms with E-state index in [0.717, 1.165) is 23.0 Å². The highest BCUT2D eigenvalue weighted by molar-refractivity contribution is 7.18. The van der Waals surface area contributed by atoms with Crippen molar-refractivity contribution in [1.82, 2.24) is 9.97 Å². The van der Waals surface area contributed by atoms with Crippen LogP contribution in [0.3, 0.4) is 0 Å². The van der Waals surface area contributed by atoms with Gasteiger partial charge in [-0.15, -0.1) is 11.3 Å². The predicted molar refractivity (Wildman–Crippen MR) is 65.8 cm³/mol. The Bertz CT molecular complexity index is 502. The van der Waals surface area contributed by atoms with Gasteiger partial charge in [0.05, 0.1) is 5.39 Å². The van der Waals surface area contributed by atoms with Gasteiger partial charge < -0.3 is 5.32 Å². The number of aryl methyl sites for hydroxylation is 3. The molecular weight excluding hydrogens is 206 g/mol. The molecule has 0 fully saturated rings. The zero-order valence-electron chi connectivity index (χ0n) is 9.51. The molecule has 3 nitrogen and oxygen atoms in total. The van der Waals surface area contributed by atoms with Crippen molar-refractivity contribution in [1.29, 1.82) is 0 Å². The normalized spacial score (nSPS) is 10.9. The molecule has 0 atom stereocenters. The monoisotopic (exact) mass is 221 g/mol. The Kier molecular flexibility index (Phi) is 2.61. The molecule has 2 heterocycles. The van der Waals surface area contributed by atoms with Crippen molar-refractivity contribution in [2.75, 3.05) is 11.9 Å². The van der Waals surface area contributed by atoms with E-state index >= 15 is 0 Å². The van der Waals surface area contributed by atoms with Crippen LogP contribution in [0.25, 0.3) is 10.2 Å². The van der Waals surface area contributed by atoms with E-state index in [1.165, 1.54) is 15.8 Å². The molecule has 80 valence electrons. The summed E-state index contributed by atoms with van der Waals surface area (Å²) in [6.45, 7) is 9.17. The number of nitrogens with zero attached hydrogens (tertiary/aromatic N) is 2. The fourth-order valence-electron chi connectivity index (χ4n) is 1.65. The molecule has 0 aliphatic heterocycles. The van der Waals surface area contributed by atoms with Crippen LogP contribution in [0.15, 0.2) is 0 Å². The fraction of sp³-hybridized carbons (Fsp3) is 0.455. The Balaban J connectivity index is 2.75. The van der Waals surface area contributed by atoms with Gasteiger partial charge in [-0.3, -0.25) is 0 Å². The molecule has 0 saturated carbocycles. The van der Waals surface area contributed by atoms with E-state index in [2.05, 4.69) is 36.1 Å². The van der Waals surface area contributed by atoms with Gasteiger partial charge in [0.25, 0.3) is 0 Å². The van der Waals surface area contributed by atoms with E-state index in [-0.39, 0.29) is 0 Å². The Hall–Kier alpha value is -1.16. The average molecular weight is 221 g/mol. The minimum Gasteiger partial charge on any atom is -0.370 e. The second-order valence-electron chi connectivity index (χ2n) is 3.61. The van der Waals surface area contributed by atoms with Crippen molar-refractivity contribution < 1.29 is 0 Å². The largest absolute Gasteiger partial charge is 0.370 e. The Morgan fingerprint density at radius 1 is 1.20 bits per heavy atom. The molecule has 0 amide bonds.